The Bertz CT molecular complexity index is 621. The minimum atomic E-state index is 0.310. The molecule has 0 N–H and O–H groups in total. The third-order valence-electron chi connectivity index (χ3n) is 2.43. The Hall–Kier alpha value is -2.31. The monoisotopic (exact) mass is 277 g/mol. The van der Waals surface area contributed by atoms with E-state index < -0.39 is 0 Å². The summed E-state index contributed by atoms with van der Waals surface area (Å²) in [5, 5.41) is 3.72. The maximum Gasteiger partial charge on any atom is 0.200 e. The van der Waals surface area contributed by atoms with Gasteiger partial charge in [-0.1, -0.05) is 6.07 Å². The van der Waals surface area contributed by atoms with Crippen LogP contribution in [0.25, 0.3) is 10.4 Å². The van der Waals surface area contributed by atoms with Crippen LogP contribution >= 0.6 is 11.5 Å². The fourth-order valence-corrected chi connectivity index (χ4v) is 2.08. The van der Waals surface area contributed by atoms with Crippen LogP contribution in [0.4, 0.5) is 5.13 Å². The number of ether oxygens (including phenoxy) is 2. The highest BCUT2D eigenvalue weighted by Crippen LogP contribution is 2.27. The molecule has 0 amide bonds. The molecule has 0 radical (unpaired) electrons. The van der Waals surface area contributed by atoms with Gasteiger partial charge < -0.3 is 9.47 Å². The van der Waals surface area contributed by atoms with Crippen molar-refractivity contribution in [3.63, 3.8) is 0 Å². The van der Waals surface area contributed by atoms with Crippen molar-refractivity contribution in [1.82, 2.24) is 9.36 Å². The third kappa shape index (κ3) is 3.12. The van der Waals surface area contributed by atoms with Crippen LogP contribution in [0.15, 0.2) is 23.3 Å². The largest absolute Gasteiger partial charge is 0.497 e. The van der Waals surface area contributed by atoms with Crippen molar-refractivity contribution in [1.29, 1.82) is 0 Å². The molecule has 0 saturated heterocycles. The van der Waals surface area contributed by atoms with Gasteiger partial charge in [0, 0.05) is 23.0 Å². The molecular weight excluding hydrogens is 266 g/mol. The van der Waals surface area contributed by atoms with Gasteiger partial charge in [0.15, 0.2) is 5.13 Å². The predicted molar refractivity (Wildman–Crippen MR) is 71.1 cm³/mol. The molecule has 0 bridgehead atoms. The molecule has 0 saturated carbocycles. The van der Waals surface area contributed by atoms with Gasteiger partial charge in [0.25, 0.3) is 0 Å². The third-order valence-corrected chi connectivity index (χ3v) is 3.07. The van der Waals surface area contributed by atoms with E-state index in [0.717, 1.165) is 22.8 Å². The summed E-state index contributed by atoms with van der Waals surface area (Å²) in [6.45, 7) is 0. The molecular formula is C11H11N5O2S. The van der Waals surface area contributed by atoms with E-state index >= 15 is 0 Å². The van der Waals surface area contributed by atoms with Gasteiger partial charge in [-0.05, 0) is 28.2 Å². The van der Waals surface area contributed by atoms with Gasteiger partial charge in [0.1, 0.15) is 17.3 Å². The molecule has 7 nitrogen and oxygen atoms in total. The number of aromatic nitrogens is 2. The molecule has 1 aromatic carbocycles. The second kappa shape index (κ2) is 6.03. The minimum Gasteiger partial charge on any atom is -0.497 e. The van der Waals surface area contributed by atoms with Crippen LogP contribution in [0.2, 0.25) is 0 Å². The highest BCUT2D eigenvalue weighted by molar-refractivity contribution is 7.09. The first-order chi connectivity index (χ1) is 9.26. The minimum absolute atomic E-state index is 0.310. The molecule has 0 unspecified atom stereocenters. The highest BCUT2D eigenvalue weighted by atomic mass is 32.1. The summed E-state index contributed by atoms with van der Waals surface area (Å²) in [5.41, 5.74) is 9.26. The Balaban J connectivity index is 2.24. The number of rotatable bonds is 5. The van der Waals surface area contributed by atoms with Crippen molar-refractivity contribution in [2.45, 2.75) is 6.42 Å². The van der Waals surface area contributed by atoms with E-state index in [1.165, 1.54) is 0 Å². The van der Waals surface area contributed by atoms with Crippen molar-refractivity contribution in [3.8, 4) is 11.5 Å². The molecule has 2 aromatic rings. The van der Waals surface area contributed by atoms with Crippen LogP contribution in [-0.4, -0.2) is 23.6 Å². The van der Waals surface area contributed by atoms with Crippen LogP contribution in [0, 0.1) is 0 Å². The average Bonchev–Trinajstić information content (AvgIpc) is 2.87. The van der Waals surface area contributed by atoms with Crippen molar-refractivity contribution >= 4 is 16.7 Å². The molecule has 1 aromatic heterocycles. The molecule has 0 aliphatic heterocycles. The van der Waals surface area contributed by atoms with Gasteiger partial charge in [-0.15, -0.1) is 0 Å². The van der Waals surface area contributed by atoms with Gasteiger partial charge in [0.05, 0.1) is 14.2 Å². The first kappa shape index (κ1) is 13.1. The molecule has 19 heavy (non-hydrogen) atoms. The maximum atomic E-state index is 8.32. The van der Waals surface area contributed by atoms with E-state index in [1.807, 2.05) is 12.1 Å². The van der Waals surface area contributed by atoms with Crippen LogP contribution in [-0.2, 0) is 6.42 Å². The predicted octanol–water partition coefficient (Wildman–Crippen LogP) is 3.09. The zero-order valence-corrected chi connectivity index (χ0v) is 11.2. The number of nitrogens with zero attached hydrogens (tertiary/aromatic N) is 5. The quantitative estimate of drug-likeness (QED) is 0.477. The number of methoxy groups -OCH3 is 2. The van der Waals surface area contributed by atoms with Gasteiger partial charge in [-0.3, -0.25) is 0 Å². The second-order valence-corrected chi connectivity index (χ2v) is 4.27. The Morgan fingerprint density at radius 2 is 2.21 bits per heavy atom. The summed E-state index contributed by atoms with van der Waals surface area (Å²) in [4.78, 5) is 6.79. The van der Waals surface area contributed by atoms with E-state index in [9.17, 15) is 0 Å². The SMILES string of the molecule is COc1ccc(Cc2nsc(N=[N+]=[N-])n2)c(OC)c1. The molecule has 8 heteroatoms. The van der Waals surface area contributed by atoms with Crippen molar-refractivity contribution in [2.24, 2.45) is 5.11 Å². The fraction of sp³-hybridized carbons (Fsp3) is 0.273. The number of hydrogen-bond donors (Lipinski definition) is 0. The molecule has 0 fully saturated rings. The standard InChI is InChI=1S/C11H11N5O2S/c1-17-8-4-3-7(9(6-8)18-2)5-10-13-11(14-16-12)19-15-10/h3-4,6H,5H2,1-2H3. The summed E-state index contributed by atoms with van der Waals surface area (Å²) in [6, 6.07) is 5.54. The molecule has 0 aliphatic carbocycles. The summed E-state index contributed by atoms with van der Waals surface area (Å²) >= 11 is 1.07. The van der Waals surface area contributed by atoms with Gasteiger partial charge >= 0.3 is 0 Å². The second-order valence-electron chi connectivity index (χ2n) is 3.54. The maximum absolute atomic E-state index is 8.32. The summed E-state index contributed by atoms with van der Waals surface area (Å²) in [7, 11) is 3.20. The van der Waals surface area contributed by atoms with Crippen molar-refractivity contribution in [2.75, 3.05) is 14.2 Å². The zero-order valence-electron chi connectivity index (χ0n) is 10.4. The van der Waals surface area contributed by atoms with E-state index in [0.29, 0.717) is 23.1 Å². The Morgan fingerprint density at radius 3 is 2.89 bits per heavy atom. The number of benzene rings is 1. The first-order valence-corrected chi connectivity index (χ1v) is 6.12. The van der Waals surface area contributed by atoms with Gasteiger partial charge in [-0.25, -0.2) is 4.98 Å². The lowest BCUT2D eigenvalue weighted by Crippen LogP contribution is -1.96. The first-order valence-electron chi connectivity index (χ1n) is 5.35. The van der Waals surface area contributed by atoms with Crippen LogP contribution in [0.5, 0.6) is 11.5 Å². The highest BCUT2D eigenvalue weighted by Gasteiger charge is 2.09. The van der Waals surface area contributed by atoms with E-state index in [-0.39, 0.29) is 0 Å². The van der Waals surface area contributed by atoms with Crippen molar-refractivity contribution < 1.29 is 9.47 Å². The number of hydrogen-bond acceptors (Lipinski definition) is 6. The summed E-state index contributed by atoms with van der Waals surface area (Å²) in [6.07, 6.45) is 0.505. The lowest BCUT2D eigenvalue weighted by molar-refractivity contribution is 0.391. The van der Waals surface area contributed by atoms with Crippen LogP contribution < -0.4 is 9.47 Å². The van der Waals surface area contributed by atoms with E-state index in [2.05, 4.69) is 19.4 Å². The van der Waals surface area contributed by atoms with Crippen molar-refractivity contribution in [3.05, 3.63) is 40.0 Å². The lowest BCUT2D eigenvalue weighted by Gasteiger charge is -2.08. The smallest absolute Gasteiger partial charge is 0.200 e. The Kier molecular flexibility index (Phi) is 4.17. The van der Waals surface area contributed by atoms with E-state index in [4.69, 9.17) is 15.0 Å². The summed E-state index contributed by atoms with van der Waals surface area (Å²) in [5.74, 6) is 2.02. The molecule has 0 spiro atoms. The summed E-state index contributed by atoms with van der Waals surface area (Å²) < 4.78 is 14.6. The van der Waals surface area contributed by atoms with Gasteiger partial charge in [-0.2, -0.15) is 4.37 Å². The molecule has 2 rings (SSSR count). The average molecular weight is 277 g/mol. The van der Waals surface area contributed by atoms with Gasteiger partial charge in [0.2, 0.25) is 0 Å². The Labute approximate surface area is 113 Å². The molecule has 0 aliphatic rings. The van der Waals surface area contributed by atoms with Crippen LogP contribution in [0.3, 0.4) is 0 Å². The normalized spacial score (nSPS) is 9.79. The topological polar surface area (TPSA) is 93.0 Å². The molecule has 1 heterocycles. The lowest BCUT2D eigenvalue weighted by atomic mass is 10.1. The Morgan fingerprint density at radius 1 is 1.37 bits per heavy atom. The fourth-order valence-electron chi connectivity index (χ4n) is 1.56. The zero-order chi connectivity index (χ0) is 13.7. The van der Waals surface area contributed by atoms with Crippen LogP contribution in [0.1, 0.15) is 11.4 Å². The van der Waals surface area contributed by atoms with E-state index in [1.54, 1.807) is 20.3 Å². The molecule has 98 valence electrons. The molecule has 0 atom stereocenters. The number of azide groups is 1.